The highest BCUT2D eigenvalue weighted by molar-refractivity contribution is 4.92. The van der Waals surface area contributed by atoms with E-state index < -0.39 is 11.9 Å². The van der Waals surface area contributed by atoms with E-state index in [9.17, 15) is 5.11 Å². The predicted octanol–water partition coefficient (Wildman–Crippen LogP) is -0.529. The van der Waals surface area contributed by atoms with Crippen LogP contribution in [0.1, 0.15) is 13.8 Å². The number of hydrogen-bond donors (Lipinski definition) is 2. The third-order valence-electron chi connectivity index (χ3n) is 2.30. The molecule has 0 radical (unpaired) electrons. The Bertz CT molecular complexity index is 183. The van der Waals surface area contributed by atoms with Crippen molar-refractivity contribution in [2.45, 2.75) is 37.9 Å². The molecule has 2 heterocycles. The summed E-state index contributed by atoms with van der Waals surface area (Å²) in [6.45, 7) is 5.11. The van der Waals surface area contributed by atoms with E-state index in [2.05, 4.69) is 5.32 Å². The summed E-state index contributed by atoms with van der Waals surface area (Å²) >= 11 is 0. The first-order chi connectivity index (χ1) is 5.58. The van der Waals surface area contributed by atoms with Crippen LogP contribution in [-0.2, 0) is 9.47 Å². The van der Waals surface area contributed by atoms with Crippen molar-refractivity contribution < 1.29 is 14.6 Å². The second-order valence-electron chi connectivity index (χ2n) is 3.86. The molecule has 2 aliphatic rings. The second kappa shape index (κ2) is 2.67. The molecule has 2 rings (SSSR count). The van der Waals surface area contributed by atoms with E-state index in [4.69, 9.17) is 9.47 Å². The van der Waals surface area contributed by atoms with Crippen LogP contribution in [0.15, 0.2) is 0 Å². The molecule has 0 aromatic heterocycles. The van der Waals surface area contributed by atoms with Gasteiger partial charge in [0.25, 0.3) is 0 Å². The molecule has 0 unspecified atom stereocenters. The normalized spacial score (nSPS) is 45.8. The number of β-amino-alcohol motifs (C(OH)–C–C–N with tert-alkyl or cyclic N) is 1. The monoisotopic (exact) mass is 173 g/mol. The lowest BCUT2D eigenvalue weighted by molar-refractivity contribution is -0.152. The summed E-state index contributed by atoms with van der Waals surface area (Å²) in [5, 5.41) is 12.6. The minimum absolute atomic E-state index is 0.00347. The van der Waals surface area contributed by atoms with Gasteiger partial charge >= 0.3 is 0 Å². The van der Waals surface area contributed by atoms with Crippen LogP contribution >= 0.6 is 0 Å². The molecule has 0 aromatic rings. The molecule has 0 aromatic carbocycles. The third kappa shape index (κ3) is 1.35. The Morgan fingerprint density at radius 2 is 2.08 bits per heavy atom. The molecule has 0 aliphatic carbocycles. The molecule has 70 valence electrons. The van der Waals surface area contributed by atoms with Gasteiger partial charge in [0.15, 0.2) is 5.79 Å². The SMILES string of the molecule is CC1(C)O[C@@H]2[C@H](CNC[C@@H]2O)O1. The van der Waals surface area contributed by atoms with Crippen molar-refractivity contribution in [1.82, 2.24) is 5.32 Å². The van der Waals surface area contributed by atoms with E-state index >= 15 is 0 Å². The quantitative estimate of drug-likeness (QED) is 0.517. The molecule has 0 spiro atoms. The van der Waals surface area contributed by atoms with Gasteiger partial charge in [0.1, 0.15) is 12.2 Å². The number of piperidine rings is 1. The van der Waals surface area contributed by atoms with Gasteiger partial charge in [0.2, 0.25) is 0 Å². The summed E-state index contributed by atoms with van der Waals surface area (Å²) in [6.07, 6.45) is -0.587. The lowest BCUT2D eigenvalue weighted by atomic mass is 10.0. The average Bonchev–Trinajstić information content (AvgIpc) is 2.25. The van der Waals surface area contributed by atoms with E-state index in [1.807, 2.05) is 13.8 Å². The Balaban J connectivity index is 2.09. The lowest BCUT2D eigenvalue weighted by Crippen LogP contribution is -2.51. The molecule has 0 saturated carbocycles. The van der Waals surface area contributed by atoms with Gasteiger partial charge in [0.05, 0.1) is 6.10 Å². The van der Waals surface area contributed by atoms with Crippen molar-refractivity contribution in [3.05, 3.63) is 0 Å². The van der Waals surface area contributed by atoms with E-state index in [1.54, 1.807) is 0 Å². The fourth-order valence-corrected chi connectivity index (χ4v) is 1.84. The Kier molecular flexibility index (Phi) is 1.88. The predicted molar refractivity (Wildman–Crippen MR) is 42.7 cm³/mol. The summed E-state index contributed by atoms with van der Waals surface area (Å²) in [4.78, 5) is 0. The summed E-state index contributed by atoms with van der Waals surface area (Å²) in [6, 6.07) is 0. The standard InChI is InChI=1S/C8H15NO3/c1-8(2)11-6-4-9-3-5(10)7(6)12-8/h5-7,9-10H,3-4H2,1-2H3/t5-,6-,7-/m0/s1. The zero-order valence-corrected chi connectivity index (χ0v) is 7.41. The van der Waals surface area contributed by atoms with Crippen molar-refractivity contribution in [1.29, 1.82) is 0 Å². The Morgan fingerprint density at radius 3 is 2.75 bits per heavy atom. The third-order valence-corrected chi connectivity index (χ3v) is 2.30. The van der Waals surface area contributed by atoms with E-state index in [1.165, 1.54) is 0 Å². The topological polar surface area (TPSA) is 50.7 Å². The van der Waals surface area contributed by atoms with Crippen molar-refractivity contribution in [2.24, 2.45) is 0 Å². The van der Waals surface area contributed by atoms with Gasteiger partial charge in [-0.05, 0) is 13.8 Å². The van der Waals surface area contributed by atoms with Crippen molar-refractivity contribution in [2.75, 3.05) is 13.1 Å². The maximum atomic E-state index is 9.54. The number of ether oxygens (including phenoxy) is 2. The highest BCUT2D eigenvalue weighted by atomic mass is 16.8. The highest BCUT2D eigenvalue weighted by Gasteiger charge is 2.46. The van der Waals surface area contributed by atoms with Gasteiger partial charge in [-0.25, -0.2) is 0 Å². The molecule has 0 bridgehead atoms. The second-order valence-corrected chi connectivity index (χ2v) is 3.86. The van der Waals surface area contributed by atoms with Crippen LogP contribution in [0.25, 0.3) is 0 Å². The first-order valence-electron chi connectivity index (χ1n) is 4.33. The van der Waals surface area contributed by atoms with Crippen LogP contribution in [0.5, 0.6) is 0 Å². The molecule has 2 aliphatic heterocycles. The van der Waals surface area contributed by atoms with E-state index in [0.29, 0.717) is 6.54 Å². The minimum Gasteiger partial charge on any atom is -0.389 e. The maximum absolute atomic E-state index is 9.54. The summed E-state index contributed by atoms with van der Waals surface area (Å²) in [5.41, 5.74) is 0. The molecule has 4 heteroatoms. The first-order valence-corrected chi connectivity index (χ1v) is 4.33. The summed E-state index contributed by atoms with van der Waals surface area (Å²) in [5.74, 6) is -0.539. The molecule has 2 fully saturated rings. The largest absolute Gasteiger partial charge is 0.389 e. The van der Waals surface area contributed by atoms with Gasteiger partial charge in [-0.15, -0.1) is 0 Å². The van der Waals surface area contributed by atoms with Gasteiger partial charge in [-0.3, -0.25) is 0 Å². The van der Waals surface area contributed by atoms with E-state index in [0.717, 1.165) is 6.54 Å². The minimum atomic E-state index is -0.539. The van der Waals surface area contributed by atoms with Crippen molar-refractivity contribution >= 4 is 0 Å². The Morgan fingerprint density at radius 1 is 1.33 bits per heavy atom. The Labute approximate surface area is 71.9 Å². The van der Waals surface area contributed by atoms with Crippen LogP contribution in [0.4, 0.5) is 0 Å². The van der Waals surface area contributed by atoms with Crippen LogP contribution < -0.4 is 5.32 Å². The Hall–Kier alpha value is -0.160. The van der Waals surface area contributed by atoms with Crippen LogP contribution in [0, 0.1) is 0 Å². The van der Waals surface area contributed by atoms with Gasteiger partial charge in [0, 0.05) is 13.1 Å². The number of aliphatic hydroxyl groups is 1. The molecular formula is C8H15NO3. The van der Waals surface area contributed by atoms with Crippen molar-refractivity contribution in [3.8, 4) is 0 Å². The molecular weight excluding hydrogens is 158 g/mol. The van der Waals surface area contributed by atoms with Crippen LogP contribution in [0.2, 0.25) is 0 Å². The smallest absolute Gasteiger partial charge is 0.163 e. The number of rotatable bonds is 0. The summed E-state index contributed by atoms with van der Waals surface area (Å²) < 4.78 is 11.1. The molecule has 4 nitrogen and oxygen atoms in total. The number of fused-ring (bicyclic) bond motifs is 1. The van der Waals surface area contributed by atoms with Crippen molar-refractivity contribution in [3.63, 3.8) is 0 Å². The fourth-order valence-electron chi connectivity index (χ4n) is 1.84. The molecule has 12 heavy (non-hydrogen) atoms. The zero-order chi connectivity index (χ0) is 8.77. The molecule has 2 saturated heterocycles. The van der Waals surface area contributed by atoms with Gasteiger partial charge in [-0.1, -0.05) is 0 Å². The molecule has 2 N–H and O–H groups in total. The summed E-state index contributed by atoms with van der Waals surface area (Å²) in [7, 11) is 0. The van der Waals surface area contributed by atoms with Gasteiger partial charge in [-0.2, -0.15) is 0 Å². The molecule has 3 atom stereocenters. The highest BCUT2D eigenvalue weighted by Crippen LogP contribution is 2.30. The number of nitrogens with one attached hydrogen (secondary N) is 1. The zero-order valence-electron chi connectivity index (χ0n) is 7.41. The van der Waals surface area contributed by atoms with Gasteiger partial charge < -0.3 is 19.9 Å². The fraction of sp³-hybridized carbons (Fsp3) is 1.00. The van der Waals surface area contributed by atoms with Crippen LogP contribution in [0.3, 0.4) is 0 Å². The number of hydrogen-bond acceptors (Lipinski definition) is 4. The van der Waals surface area contributed by atoms with E-state index in [-0.39, 0.29) is 12.2 Å². The lowest BCUT2D eigenvalue weighted by Gasteiger charge is -2.27. The molecule has 0 amide bonds. The average molecular weight is 173 g/mol. The van der Waals surface area contributed by atoms with Crippen LogP contribution in [-0.4, -0.2) is 42.3 Å². The maximum Gasteiger partial charge on any atom is 0.163 e. The number of aliphatic hydroxyl groups excluding tert-OH is 1. The first kappa shape index (κ1) is 8.44.